The molecule has 5 atom stereocenters. The highest BCUT2D eigenvalue weighted by Crippen LogP contribution is 2.65. The maximum Gasteiger partial charge on any atom is 0.217 e. The van der Waals surface area contributed by atoms with Gasteiger partial charge in [0, 0.05) is 6.42 Å². The zero-order valence-electron chi connectivity index (χ0n) is 14.1. The first-order valence-electron chi connectivity index (χ1n) is 9.53. The van der Waals surface area contributed by atoms with Gasteiger partial charge < -0.3 is 5.73 Å². The average Bonchev–Trinajstić information content (AvgIpc) is 2.89. The fraction of sp³-hybridized carbons (Fsp3) is 0.850. The minimum atomic E-state index is -0.0683. The summed E-state index contributed by atoms with van der Waals surface area (Å²) in [5.74, 6) is 2.39. The van der Waals surface area contributed by atoms with Crippen LogP contribution < -0.4 is 5.73 Å². The van der Waals surface area contributed by atoms with Crippen molar-refractivity contribution < 1.29 is 4.79 Å². The van der Waals surface area contributed by atoms with Crippen molar-refractivity contribution in [2.24, 2.45) is 34.3 Å². The van der Waals surface area contributed by atoms with Crippen molar-refractivity contribution in [3.05, 3.63) is 11.6 Å². The van der Waals surface area contributed by atoms with Crippen molar-refractivity contribution in [3.8, 4) is 0 Å². The van der Waals surface area contributed by atoms with E-state index in [2.05, 4.69) is 13.0 Å². The van der Waals surface area contributed by atoms with Crippen molar-refractivity contribution in [1.29, 1.82) is 0 Å². The standard InChI is InChI=1S/C20H31NO/c1-19-10-3-2-5-14(19)7-8-15-16(19)9-12-20(13-18(21)22)11-4-6-17(15)20/h7,15-17H,2-6,8-13H2,1H3,(H2,21,22)/t15-,16+,17+,19+,20+/m1/s1. The molecule has 0 aromatic heterocycles. The van der Waals surface area contributed by atoms with Crippen molar-refractivity contribution in [2.75, 3.05) is 0 Å². The van der Waals surface area contributed by atoms with Gasteiger partial charge in [0.25, 0.3) is 0 Å². The third-order valence-corrected chi connectivity index (χ3v) is 8.07. The van der Waals surface area contributed by atoms with Gasteiger partial charge in [0.1, 0.15) is 0 Å². The molecule has 22 heavy (non-hydrogen) atoms. The van der Waals surface area contributed by atoms with Gasteiger partial charge in [-0.15, -0.1) is 0 Å². The molecule has 0 unspecified atom stereocenters. The summed E-state index contributed by atoms with van der Waals surface area (Å²) in [5, 5.41) is 0. The second-order valence-corrected chi connectivity index (χ2v) is 8.90. The number of amides is 1. The van der Waals surface area contributed by atoms with Gasteiger partial charge in [-0.05, 0) is 80.0 Å². The minimum absolute atomic E-state index is 0.0683. The van der Waals surface area contributed by atoms with Crippen molar-refractivity contribution in [3.63, 3.8) is 0 Å². The van der Waals surface area contributed by atoms with Crippen LogP contribution in [-0.4, -0.2) is 5.91 Å². The molecule has 4 aliphatic carbocycles. The smallest absolute Gasteiger partial charge is 0.217 e. The van der Waals surface area contributed by atoms with Crippen LogP contribution in [0.5, 0.6) is 0 Å². The van der Waals surface area contributed by atoms with Crippen molar-refractivity contribution in [1.82, 2.24) is 0 Å². The van der Waals surface area contributed by atoms with E-state index in [1.807, 2.05) is 0 Å². The Morgan fingerprint density at radius 3 is 2.86 bits per heavy atom. The lowest BCUT2D eigenvalue weighted by Crippen LogP contribution is -2.49. The van der Waals surface area contributed by atoms with Crippen molar-refractivity contribution in [2.45, 2.75) is 77.6 Å². The lowest BCUT2D eigenvalue weighted by molar-refractivity contribution is -0.123. The van der Waals surface area contributed by atoms with E-state index in [0.717, 1.165) is 17.8 Å². The first-order valence-corrected chi connectivity index (χ1v) is 9.53. The third kappa shape index (κ3) is 2.02. The SMILES string of the molecule is C[C@]12CCCCC1=CC[C@H]1[C@@H]3CCC[C@@]3(CC(N)=O)CC[C@@H]12. The van der Waals surface area contributed by atoms with E-state index in [1.54, 1.807) is 5.57 Å². The molecular formula is C20H31NO. The Balaban J connectivity index is 1.66. The van der Waals surface area contributed by atoms with E-state index in [4.69, 9.17) is 5.73 Å². The summed E-state index contributed by atoms with van der Waals surface area (Å²) in [7, 11) is 0. The van der Waals surface area contributed by atoms with Crippen molar-refractivity contribution >= 4 is 5.91 Å². The van der Waals surface area contributed by atoms with Gasteiger partial charge in [0.15, 0.2) is 0 Å². The van der Waals surface area contributed by atoms with E-state index in [-0.39, 0.29) is 11.3 Å². The van der Waals surface area contributed by atoms with Gasteiger partial charge in [-0.3, -0.25) is 4.79 Å². The topological polar surface area (TPSA) is 43.1 Å². The second kappa shape index (κ2) is 5.11. The largest absolute Gasteiger partial charge is 0.370 e. The minimum Gasteiger partial charge on any atom is -0.370 e. The van der Waals surface area contributed by atoms with Crippen LogP contribution in [0, 0.1) is 28.6 Å². The van der Waals surface area contributed by atoms with E-state index in [9.17, 15) is 4.79 Å². The van der Waals surface area contributed by atoms with Crippen LogP contribution in [0.2, 0.25) is 0 Å². The molecule has 0 heterocycles. The summed E-state index contributed by atoms with van der Waals surface area (Å²) in [6.07, 6.45) is 16.6. The predicted molar refractivity (Wildman–Crippen MR) is 89.1 cm³/mol. The quantitative estimate of drug-likeness (QED) is 0.745. The summed E-state index contributed by atoms with van der Waals surface area (Å²) >= 11 is 0. The summed E-state index contributed by atoms with van der Waals surface area (Å²) in [4.78, 5) is 11.7. The van der Waals surface area contributed by atoms with Crippen LogP contribution in [0.3, 0.4) is 0 Å². The van der Waals surface area contributed by atoms with Gasteiger partial charge in [-0.1, -0.05) is 31.4 Å². The number of carbonyl (C=O) groups is 1. The second-order valence-electron chi connectivity index (χ2n) is 8.90. The van der Waals surface area contributed by atoms with E-state index >= 15 is 0 Å². The molecule has 2 N–H and O–H groups in total. The molecule has 0 spiro atoms. The van der Waals surface area contributed by atoms with E-state index in [0.29, 0.717) is 11.8 Å². The maximum absolute atomic E-state index is 11.7. The molecule has 4 rings (SSSR count). The normalized spacial score (nSPS) is 47.1. The van der Waals surface area contributed by atoms with Crippen LogP contribution >= 0.6 is 0 Å². The number of hydrogen-bond acceptors (Lipinski definition) is 1. The van der Waals surface area contributed by atoms with Gasteiger partial charge in [-0.25, -0.2) is 0 Å². The fourth-order valence-corrected chi connectivity index (χ4v) is 7.15. The van der Waals surface area contributed by atoms with Crippen LogP contribution in [0.25, 0.3) is 0 Å². The lowest BCUT2D eigenvalue weighted by Gasteiger charge is -2.57. The van der Waals surface area contributed by atoms with Gasteiger partial charge >= 0.3 is 0 Å². The fourth-order valence-electron chi connectivity index (χ4n) is 7.15. The Morgan fingerprint density at radius 2 is 2.05 bits per heavy atom. The highest BCUT2D eigenvalue weighted by atomic mass is 16.1. The Bertz CT molecular complexity index is 510. The first kappa shape index (κ1) is 14.8. The number of nitrogens with two attached hydrogens (primary N) is 1. The molecule has 3 saturated carbocycles. The highest BCUT2D eigenvalue weighted by molar-refractivity contribution is 5.74. The molecule has 1 amide bonds. The maximum atomic E-state index is 11.7. The molecule has 0 aromatic carbocycles. The molecule has 2 heteroatoms. The highest BCUT2D eigenvalue weighted by Gasteiger charge is 2.57. The molecule has 0 bridgehead atoms. The summed E-state index contributed by atoms with van der Waals surface area (Å²) in [5.41, 5.74) is 8.14. The molecule has 0 aromatic rings. The Morgan fingerprint density at radius 1 is 1.18 bits per heavy atom. The first-order chi connectivity index (χ1) is 10.6. The number of fused-ring (bicyclic) bond motifs is 5. The van der Waals surface area contributed by atoms with E-state index in [1.165, 1.54) is 64.2 Å². The number of allylic oxidation sites excluding steroid dienone is 2. The molecule has 0 aliphatic heterocycles. The number of carbonyl (C=O) groups excluding carboxylic acids is 1. The van der Waals surface area contributed by atoms with Gasteiger partial charge in [0.05, 0.1) is 0 Å². The molecule has 0 radical (unpaired) electrons. The molecule has 0 saturated heterocycles. The number of rotatable bonds is 2. The third-order valence-electron chi connectivity index (χ3n) is 8.07. The average molecular weight is 301 g/mol. The molecule has 122 valence electrons. The van der Waals surface area contributed by atoms with E-state index < -0.39 is 0 Å². The number of primary amides is 1. The van der Waals surface area contributed by atoms with Gasteiger partial charge in [0.2, 0.25) is 5.91 Å². The summed E-state index contributed by atoms with van der Waals surface area (Å²) in [6.45, 7) is 2.56. The number of hydrogen-bond donors (Lipinski definition) is 1. The molecule has 2 nitrogen and oxygen atoms in total. The Hall–Kier alpha value is -0.790. The van der Waals surface area contributed by atoms with Crippen LogP contribution in [-0.2, 0) is 4.79 Å². The zero-order chi connectivity index (χ0) is 15.4. The Kier molecular flexibility index (Phi) is 3.43. The molecule has 3 fully saturated rings. The molecule has 4 aliphatic rings. The van der Waals surface area contributed by atoms with Crippen LogP contribution in [0.4, 0.5) is 0 Å². The lowest BCUT2D eigenvalue weighted by atomic mass is 9.47. The van der Waals surface area contributed by atoms with Crippen LogP contribution in [0.15, 0.2) is 11.6 Å². The molecular weight excluding hydrogens is 270 g/mol. The van der Waals surface area contributed by atoms with Gasteiger partial charge in [-0.2, -0.15) is 0 Å². The predicted octanol–water partition coefficient (Wildman–Crippen LogP) is 4.58. The monoisotopic (exact) mass is 301 g/mol. The summed E-state index contributed by atoms with van der Waals surface area (Å²) < 4.78 is 0. The summed E-state index contributed by atoms with van der Waals surface area (Å²) in [6, 6.07) is 0. The zero-order valence-corrected chi connectivity index (χ0v) is 14.1. The Labute approximate surface area is 134 Å². The van der Waals surface area contributed by atoms with Crippen LogP contribution in [0.1, 0.15) is 77.6 Å².